The summed E-state index contributed by atoms with van der Waals surface area (Å²) in [5.74, 6) is 1.50. The fraction of sp³-hybridized carbons (Fsp3) is 0.300. The van der Waals surface area contributed by atoms with Gasteiger partial charge in [-0.1, -0.05) is 11.6 Å². The summed E-state index contributed by atoms with van der Waals surface area (Å²) < 4.78 is 6.84. The molecule has 1 aliphatic rings. The number of carbonyl (C=O) groups is 1. The Morgan fingerprint density at radius 2 is 1.77 bits per heavy atom. The first kappa shape index (κ1) is 20.1. The van der Waals surface area contributed by atoms with Crippen LogP contribution < -0.4 is 10.1 Å². The van der Waals surface area contributed by atoms with Gasteiger partial charge in [-0.25, -0.2) is 4.79 Å². The highest BCUT2D eigenvalue weighted by Crippen LogP contribution is 2.17. The zero-order chi connectivity index (χ0) is 20.9. The number of piperazine rings is 1. The zero-order valence-corrected chi connectivity index (χ0v) is 17.3. The van der Waals surface area contributed by atoms with Crippen LogP contribution in [0, 0.1) is 0 Å². The summed E-state index contributed by atoms with van der Waals surface area (Å²) in [5.41, 5.74) is 1.60. The van der Waals surface area contributed by atoms with Crippen LogP contribution in [0.5, 0.6) is 5.75 Å². The van der Waals surface area contributed by atoms with Crippen molar-refractivity contribution in [3.8, 4) is 11.4 Å². The molecule has 4 rings (SSSR count). The summed E-state index contributed by atoms with van der Waals surface area (Å²) >= 11 is 5.96. The van der Waals surface area contributed by atoms with Gasteiger partial charge in [0.2, 0.25) is 0 Å². The van der Waals surface area contributed by atoms with E-state index in [4.69, 9.17) is 16.3 Å². The van der Waals surface area contributed by atoms with Crippen molar-refractivity contribution in [3.05, 3.63) is 59.4 Å². The Balaban J connectivity index is 1.31. The van der Waals surface area contributed by atoms with Crippen molar-refractivity contribution in [3.63, 3.8) is 0 Å². The van der Waals surface area contributed by atoms with E-state index in [1.54, 1.807) is 11.8 Å². The van der Waals surface area contributed by atoms with Crippen molar-refractivity contribution >= 4 is 23.3 Å². The van der Waals surface area contributed by atoms with Gasteiger partial charge in [0.1, 0.15) is 5.75 Å². The van der Waals surface area contributed by atoms with Crippen LogP contribution >= 0.6 is 11.6 Å². The Morgan fingerprint density at radius 1 is 1.07 bits per heavy atom. The maximum absolute atomic E-state index is 12.5. The van der Waals surface area contributed by atoms with Crippen LogP contribution in [0.25, 0.3) is 5.69 Å². The molecule has 9 nitrogen and oxygen atoms in total. The van der Waals surface area contributed by atoms with Gasteiger partial charge in [-0.2, -0.15) is 4.68 Å². The molecule has 2 aromatic carbocycles. The van der Waals surface area contributed by atoms with Crippen molar-refractivity contribution in [1.82, 2.24) is 30.0 Å². The van der Waals surface area contributed by atoms with Gasteiger partial charge in [-0.05, 0) is 59.0 Å². The SMILES string of the molecule is COc1ccc(NC(=O)N2CCN(Cc3nnnn3-c3ccc(Cl)cc3)CC2)cc1. The highest BCUT2D eigenvalue weighted by atomic mass is 35.5. The first-order valence-electron chi connectivity index (χ1n) is 9.58. The first-order chi connectivity index (χ1) is 14.6. The monoisotopic (exact) mass is 427 g/mol. The summed E-state index contributed by atoms with van der Waals surface area (Å²) in [6.45, 7) is 3.34. The lowest BCUT2D eigenvalue weighted by Gasteiger charge is -2.34. The number of aromatic nitrogens is 4. The van der Waals surface area contributed by atoms with E-state index in [0.29, 0.717) is 24.7 Å². The van der Waals surface area contributed by atoms with E-state index >= 15 is 0 Å². The number of carbonyl (C=O) groups excluding carboxylic acids is 1. The average Bonchev–Trinajstić information content (AvgIpc) is 3.23. The molecule has 1 aromatic heterocycles. The van der Waals surface area contributed by atoms with Crippen molar-refractivity contribution in [2.24, 2.45) is 0 Å². The molecular formula is C20H22ClN7O2. The quantitative estimate of drug-likeness (QED) is 0.673. The number of nitrogens with one attached hydrogen (secondary N) is 1. The molecule has 1 N–H and O–H groups in total. The molecule has 1 saturated heterocycles. The third-order valence-corrected chi connectivity index (χ3v) is 5.22. The lowest BCUT2D eigenvalue weighted by atomic mass is 10.3. The van der Waals surface area contributed by atoms with Crippen molar-refractivity contribution < 1.29 is 9.53 Å². The molecular weight excluding hydrogens is 406 g/mol. The minimum atomic E-state index is -0.106. The molecule has 30 heavy (non-hydrogen) atoms. The fourth-order valence-corrected chi connectivity index (χ4v) is 3.40. The third-order valence-electron chi connectivity index (χ3n) is 4.97. The second-order valence-electron chi connectivity index (χ2n) is 6.91. The van der Waals surface area contributed by atoms with Crippen molar-refractivity contribution in [2.75, 3.05) is 38.6 Å². The Labute approximate surface area is 179 Å². The van der Waals surface area contributed by atoms with E-state index in [2.05, 4.69) is 25.7 Å². The summed E-state index contributed by atoms with van der Waals surface area (Å²) in [4.78, 5) is 16.6. The molecule has 2 amide bonds. The van der Waals surface area contributed by atoms with Crippen LogP contribution in [0.1, 0.15) is 5.82 Å². The van der Waals surface area contributed by atoms with E-state index in [1.165, 1.54) is 0 Å². The van der Waals surface area contributed by atoms with Crippen LogP contribution in [0.4, 0.5) is 10.5 Å². The molecule has 2 heterocycles. The highest BCUT2D eigenvalue weighted by molar-refractivity contribution is 6.30. The van der Waals surface area contributed by atoms with Crippen LogP contribution in [0.15, 0.2) is 48.5 Å². The number of nitrogens with zero attached hydrogens (tertiary/aromatic N) is 6. The molecule has 0 spiro atoms. The van der Waals surface area contributed by atoms with Gasteiger partial charge in [0.25, 0.3) is 0 Å². The van der Waals surface area contributed by atoms with Gasteiger partial charge >= 0.3 is 6.03 Å². The van der Waals surface area contributed by atoms with Crippen LogP contribution in [-0.2, 0) is 6.54 Å². The molecule has 3 aromatic rings. The molecule has 0 aliphatic carbocycles. The van der Waals surface area contributed by atoms with Gasteiger partial charge in [-0.3, -0.25) is 4.90 Å². The third kappa shape index (κ3) is 4.69. The molecule has 1 aliphatic heterocycles. The minimum Gasteiger partial charge on any atom is -0.497 e. The van der Waals surface area contributed by atoms with Crippen molar-refractivity contribution in [2.45, 2.75) is 6.54 Å². The van der Waals surface area contributed by atoms with E-state index in [1.807, 2.05) is 53.4 Å². The second kappa shape index (κ2) is 9.10. The maximum atomic E-state index is 12.5. The number of tetrazole rings is 1. The standard InChI is InChI=1S/C20H22ClN7O2/c1-30-18-8-4-16(5-9-18)22-20(29)27-12-10-26(11-13-27)14-19-23-24-25-28(19)17-6-2-15(21)3-7-17/h2-9H,10-14H2,1H3,(H,22,29). The number of benzene rings is 2. The number of amides is 2. The van der Waals surface area contributed by atoms with Gasteiger partial charge in [0, 0.05) is 36.9 Å². The number of rotatable bonds is 5. The molecule has 0 atom stereocenters. The number of hydrogen-bond acceptors (Lipinski definition) is 6. The average molecular weight is 428 g/mol. The fourth-order valence-electron chi connectivity index (χ4n) is 3.27. The second-order valence-corrected chi connectivity index (χ2v) is 7.34. The smallest absolute Gasteiger partial charge is 0.321 e. The van der Waals surface area contributed by atoms with Gasteiger partial charge in [-0.15, -0.1) is 5.10 Å². The van der Waals surface area contributed by atoms with Gasteiger partial charge in [0.15, 0.2) is 5.82 Å². The minimum absolute atomic E-state index is 0.106. The molecule has 0 unspecified atom stereocenters. The number of urea groups is 1. The molecule has 0 radical (unpaired) electrons. The summed E-state index contributed by atoms with van der Waals surface area (Å²) in [7, 11) is 1.61. The zero-order valence-electron chi connectivity index (χ0n) is 16.5. The Hall–Kier alpha value is -3.17. The number of ether oxygens (including phenoxy) is 1. The van der Waals surface area contributed by atoms with E-state index in [9.17, 15) is 4.79 Å². The maximum Gasteiger partial charge on any atom is 0.321 e. The summed E-state index contributed by atoms with van der Waals surface area (Å²) in [5, 5.41) is 15.6. The van der Waals surface area contributed by atoms with Gasteiger partial charge in [0.05, 0.1) is 19.3 Å². The largest absolute Gasteiger partial charge is 0.497 e. The number of halogens is 1. The number of hydrogen-bond donors (Lipinski definition) is 1. The van der Waals surface area contributed by atoms with E-state index in [0.717, 1.165) is 36.0 Å². The van der Waals surface area contributed by atoms with Crippen LogP contribution in [-0.4, -0.2) is 69.3 Å². The van der Waals surface area contributed by atoms with Crippen LogP contribution in [0.3, 0.4) is 0 Å². The molecule has 0 saturated carbocycles. The molecule has 0 bridgehead atoms. The van der Waals surface area contributed by atoms with E-state index in [-0.39, 0.29) is 6.03 Å². The van der Waals surface area contributed by atoms with E-state index < -0.39 is 0 Å². The first-order valence-corrected chi connectivity index (χ1v) is 9.96. The summed E-state index contributed by atoms with van der Waals surface area (Å²) in [6.07, 6.45) is 0. The molecule has 156 valence electrons. The Kier molecular flexibility index (Phi) is 6.10. The number of anilines is 1. The predicted octanol–water partition coefficient (Wildman–Crippen LogP) is 2.67. The van der Waals surface area contributed by atoms with Crippen molar-refractivity contribution in [1.29, 1.82) is 0 Å². The lowest BCUT2D eigenvalue weighted by Crippen LogP contribution is -2.49. The highest BCUT2D eigenvalue weighted by Gasteiger charge is 2.23. The topological polar surface area (TPSA) is 88.4 Å². The lowest BCUT2D eigenvalue weighted by molar-refractivity contribution is 0.140. The number of methoxy groups -OCH3 is 1. The van der Waals surface area contributed by atoms with Crippen LogP contribution in [0.2, 0.25) is 5.02 Å². The Morgan fingerprint density at radius 3 is 2.43 bits per heavy atom. The normalized spacial score (nSPS) is 14.5. The summed E-state index contributed by atoms with van der Waals surface area (Å²) in [6, 6.07) is 14.5. The Bertz CT molecular complexity index is 983. The van der Waals surface area contributed by atoms with Gasteiger partial charge < -0.3 is 15.0 Å². The predicted molar refractivity (Wildman–Crippen MR) is 113 cm³/mol. The molecule has 1 fully saturated rings. The molecule has 10 heteroatoms.